The fourth-order valence-corrected chi connectivity index (χ4v) is 3.16. The Morgan fingerprint density at radius 1 is 1.00 bits per heavy atom. The predicted octanol–water partition coefficient (Wildman–Crippen LogP) is -0.372. The van der Waals surface area contributed by atoms with E-state index in [-0.39, 0.29) is 18.8 Å². The van der Waals surface area contributed by atoms with Crippen molar-refractivity contribution in [1.82, 2.24) is 9.44 Å². The maximum absolute atomic E-state index is 11.8. The van der Waals surface area contributed by atoms with Crippen LogP contribution in [0, 0.1) is 0 Å². The van der Waals surface area contributed by atoms with Gasteiger partial charge in [-0.25, -0.2) is 26.3 Å². The van der Waals surface area contributed by atoms with Crippen LogP contribution in [0.3, 0.4) is 0 Å². The highest BCUT2D eigenvalue weighted by Crippen LogP contribution is 2.08. The number of benzene rings is 1. The van der Waals surface area contributed by atoms with E-state index in [4.69, 9.17) is 5.73 Å². The first kappa shape index (κ1) is 16.9. The highest BCUT2D eigenvalue weighted by Gasteiger charge is 2.10. The zero-order chi connectivity index (χ0) is 15.2. The van der Waals surface area contributed by atoms with Crippen molar-refractivity contribution in [3.63, 3.8) is 0 Å². The zero-order valence-electron chi connectivity index (χ0n) is 11.2. The zero-order valence-corrected chi connectivity index (χ0v) is 12.8. The van der Waals surface area contributed by atoms with Gasteiger partial charge in [0, 0.05) is 18.8 Å². The summed E-state index contributed by atoms with van der Waals surface area (Å²) >= 11 is 0. The summed E-state index contributed by atoms with van der Waals surface area (Å²) in [6.45, 7) is 0.378. The smallest absolute Gasteiger partial charge is 0.215 e. The lowest BCUT2D eigenvalue weighted by molar-refractivity contribution is 0.574. The molecular formula is C11H19N3O4S2. The number of rotatable bonds is 8. The third-order valence-electron chi connectivity index (χ3n) is 2.38. The van der Waals surface area contributed by atoms with Gasteiger partial charge in [-0.15, -0.1) is 0 Å². The fourth-order valence-electron chi connectivity index (χ4n) is 1.46. The molecule has 20 heavy (non-hydrogen) atoms. The Morgan fingerprint density at radius 2 is 1.55 bits per heavy atom. The van der Waals surface area contributed by atoms with Crippen LogP contribution in [0.5, 0.6) is 0 Å². The molecule has 114 valence electrons. The van der Waals surface area contributed by atoms with E-state index in [2.05, 4.69) is 9.44 Å². The summed E-state index contributed by atoms with van der Waals surface area (Å²) in [5, 5.41) is 0. The van der Waals surface area contributed by atoms with Crippen LogP contribution in [0.15, 0.2) is 24.3 Å². The Labute approximate surface area is 119 Å². The largest absolute Gasteiger partial charge is 0.399 e. The van der Waals surface area contributed by atoms with Crippen molar-refractivity contribution in [3.8, 4) is 0 Å². The number of nitrogens with two attached hydrogens (primary N) is 1. The van der Waals surface area contributed by atoms with Crippen LogP contribution in [-0.2, 0) is 25.8 Å². The van der Waals surface area contributed by atoms with Gasteiger partial charge in [0.05, 0.1) is 12.0 Å². The summed E-state index contributed by atoms with van der Waals surface area (Å²) in [4.78, 5) is 0. The molecule has 0 aliphatic carbocycles. The van der Waals surface area contributed by atoms with Crippen molar-refractivity contribution >= 4 is 25.7 Å². The number of nitrogens with one attached hydrogen (secondary N) is 2. The molecule has 4 N–H and O–H groups in total. The summed E-state index contributed by atoms with van der Waals surface area (Å²) in [7, 11) is -6.66. The van der Waals surface area contributed by atoms with Crippen LogP contribution in [0.1, 0.15) is 12.0 Å². The van der Waals surface area contributed by atoms with Crippen molar-refractivity contribution in [2.75, 3.05) is 25.1 Å². The average molecular weight is 321 g/mol. The van der Waals surface area contributed by atoms with Crippen molar-refractivity contribution < 1.29 is 16.8 Å². The van der Waals surface area contributed by atoms with E-state index in [1.807, 2.05) is 0 Å². The summed E-state index contributed by atoms with van der Waals surface area (Å²) < 4.78 is 49.8. The van der Waals surface area contributed by atoms with E-state index >= 15 is 0 Å². The first-order chi connectivity index (χ1) is 9.18. The molecule has 0 spiro atoms. The summed E-state index contributed by atoms with van der Waals surface area (Å²) in [5.74, 6) is -0.132. The molecule has 1 rings (SSSR count). The van der Waals surface area contributed by atoms with Gasteiger partial charge in [0.25, 0.3) is 0 Å². The number of hydrogen-bond donors (Lipinski definition) is 3. The van der Waals surface area contributed by atoms with Crippen LogP contribution in [0.2, 0.25) is 0 Å². The fraction of sp³-hybridized carbons (Fsp3) is 0.455. The SMILES string of the molecule is CS(=O)(=O)NCCCNS(=O)(=O)Cc1ccc(N)cc1. The van der Waals surface area contributed by atoms with Gasteiger partial charge in [-0.3, -0.25) is 0 Å². The molecule has 0 atom stereocenters. The topological polar surface area (TPSA) is 118 Å². The molecule has 1 aromatic rings. The molecule has 0 saturated heterocycles. The highest BCUT2D eigenvalue weighted by atomic mass is 32.2. The van der Waals surface area contributed by atoms with Crippen LogP contribution in [0.25, 0.3) is 0 Å². The standard InChI is InChI=1S/C11H19N3O4S2/c1-19(15,16)13-7-2-8-14-20(17,18)9-10-3-5-11(12)6-4-10/h3-6,13-14H,2,7-9,12H2,1H3. The lowest BCUT2D eigenvalue weighted by Crippen LogP contribution is -2.30. The van der Waals surface area contributed by atoms with Crippen LogP contribution >= 0.6 is 0 Å². The van der Waals surface area contributed by atoms with Crippen molar-refractivity contribution in [2.45, 2.75) is 12.2 Å². The minimum Gasteiger partial charge on any atom is -0.399 e. The van der Waals surface area contributed by atoms with Crippen LogP contribution in [0.4, 0.5) is 5.69 Å². The van der Waals surface area contributed by atoms with Crippen LogP contribution < -0.4 is 15.2 Å². The highest BCUT2D eigenvalue weighted by molar-refractivity contribution is 7.89. The average Bonchev–Trinajstić information content (AvgIpc) is 2.30. The molecule has 0 aliphatic rings. The predicted molar refractivity (Wildman–Crippen MR) is 78.9 cm³/mol. The Bertz CT molecular complexity index is 624. The second-order valence-electron chi connectivity index (χ2n) is 4.42. The lowest BCUT2D eigenvalue weighted by Gasteiger charge is -2.07. The summed E-state index contributed by atoms with van der Waals surface area (Å²) in [6, 6.07) is 6.58. The maximum Gasteiger partial charge on any atom is 0.215 e. The van der Waals surface area contributed by atoms with Crippen molar-refractivity contribution in [1.29, 1.82) is 0 Å². The maximum atomic E-state index is 11.8. The molecular weight excluding hydrogens is 302 g/mol. The number of nitrogen functional groups attached to an aromatic ring is 1. The van der Waals surface area contributed by atoms with Gasteiger partial charge in [-0.2, -0.15) is 0 Å². The van der Waals surface area contributed by atoms with E-state index in [0.29, 0.717) is 17.7 Å². The first-order valence-corrected chi connectivity index (χ1v) is 9.49. The number of sulfonamides is 2. The van der Waals surface area contributed by atoms with E-state index in [0.717, 1.165) is 6.26 Å². The number of anilines is 1. The minimum absolute atomic E-state index is 0.132. The summed E-state index contributed by atoms with van der Waals surface area (Å²) in [6.07, 6.45) is 1.44. The van der Waals surface area contributed by atoms with Crippen LogP contribution in [-0.4, -0.2) is 36.2 Å². The van der Waals surface area contributed by atoms with E-state index in [1.165, 1.54) is 0 Å². The normalized spacial score (nSPS) is 12.4. The first-order valence-electron chi connectivity index (χ1n) is 5.94. The van der Waals surface area contributed by atoms with E-state index in [1.54, 1.807) is 24.3 Å². The molecule has 0 aliphatic heterocycles. The molecule has 0 aromatic heterocycles. The Hall–Kier alpha value is -1.16. The Balaban J connectivity index is 2.37. The van der Waals surface area contributed by atoms with Gasteiger partial charge in [0.15, 0.2) is 0 Å². The lowest BCUT2D eigenvalue weighted by atomic mass is 10.2. The van der Waals surface area contributed by atoms with Crippen molar-refractivity contribution in [3.05, 3.63) is 29.8 Å². The molecule has 0 saturated carbocycles. The number of hydrogen-bond acceptors (Lipinski definition) is 5. The minimum atomic E-state index is -3.43. The second-order valence-corrected chi connectivity index (χ2v) is 8.05. The third-order valence-corrected chi connectivity index (χ3v) is 4.46. The van der Waals surface area contributed by atoms with Gasteiger partial charge in [0.1, 0.15) is 0 Å². The molecule has 0 bridgehead atoms. The second kappa shape index (κ2) is 7.02. The molecule has 0 radical (unpaired) electrons. The van der Waals surface area contributed by atoms with Gasteiger partial charge in [0.2, 0.25) is 20.0 Å². The van der Waals surface area contributed by atoms with Gasteiger partial charge in [-0.1, -0.05) is 12.1 Å². The van der Waals surface area contributed by atoms with Gasteiger partial charge in [-0.05, 0) is 24.1 Å². The molecule has 0 heterocycles. The molecule has 7 nitrogen and oxygen atoms in total. The van der Waals surface area contributed by atoms with E-state index in [9.17, 15) is 16.8 Å². The monoisotopic (exact) mass is 321 g/mol. The quantitative estimate of drug-likeness (QED) is 0.446. The van der Waals surface area contributed by atoms with E-state index < -0.39 is 20.0 Å². The molecule has 0 amide bonds. The molecule has 1 aromatic carbocycles. The van der Waals surface area contributed by atoms with Gasteiger partial charge >= 0.3 is 0 Å². The molecule has 9 heteroatoms. The summed E-state index contributed by atoms with van der Waals surface area (Å²) in [5.41, 5.74) is 6.73. The Kier molecular flexibility index (Phi) is 5.93. The molecule has 0 fully saturated rings. The Morgan fingerprint density at radius 3 is 2.10 bits per heavy atom. The third kappa shape index (κ3) is 7.43. The molecule has 0 unspecified atom stereocenters. The van der Waals surface area contributed by atoms with Gasteiger partial charge < -0.3 is 5.73 Å². The van der Waals surface area contributed by atoms with Crippen molar-refractivity contribution in [2.24, 2.45) is 0 Å².